The van der Waals surface area contributed by atoms with Crippen LogP contribution in [0.1, 0.15) is 5.76 Å². The molecule has 0 fully saturated rings. The van der Waals surface area contributed by atoms with E-state index in [9.17, 15) is 4.79 Å². The number of fused-ring (bicyclic) bond motifs is 2. The van der Waals surface area contributed by atoms with Gasteiger partial charge in [-0.1, -0.05) is 12.1 Å². The third kappa shape index (κ3) is 3.21. The molecule has 0 saturated heterocycles. The highest BCUT2D eigenvalue weighted by atomic mass is 16.6. The van der Waals surface area contributed by atoms with Gasteiger partial charge < -0.3 is 23.9 Å². The molecule has 0 radical (unpaired) electrons. The van der Waals surface area contributed by atoms with Crippen molar-refractivity contribution in [3.05, 3.63) is 54.3 Å². The molecular weight excluding hydrogens is 334 g/mol. The van der Waals surface area contributed by atoms with Gasteiger partial charge in [0.05, 0.1) is 7.11 Å². The Balaban J connectivity index is 1.48. The smallest absolute Gasteiger partial charge is 0.248 e. The maximum Gasteiger partial charge on any atom is 0.248 e. The van der Waals surface area contributed by atoms with E-state index in [4.69, 9.17) is 18.6 Å². The zero-order valence-corrected chi connectivity index (χ0v) is 14.2. The molecule has 4 rings (SSSR count). The van der Waals surface area contributed by atoms with Crippen molar-refractivity contribution in [1.29, 1.82) is 0 Å². The summed E-state index contributed by atoms with van der Waals surface area (Å²) in [5, 5.41) is 3.70. The summed E-state index contributed by atoms with van der Waals surface area (Å²) >= 11 is 0. The van der Waals surface area contributed by atoms with Crippen molar-refractivity contribution in [2.24, 2.45) is 0 Å². The number of anilines is 1. The quantitative estimate of drug-likeness (QED) is 0.723. The minimum absolute atomic E-state index is 0.269. The maximum atomic E-state index is 12.2. The number of hydrogen-bond donors (Lipinski definition) is 1. The molecule has 2 heterocycles. The van der Waals surface area contributed by atoms with Gasteiger partial charge in [-0.05, 0) is 30.3 Å². The number of methoxy groups -OCH3 is 1. The van der Waals surface area contributed by atoms with Gasteiger partial charge in [-0.15, -0.1) is 0 Å². The lowest BCUT2D eigenvalue weighted by molar-refractivity contribution is -0.111. The number of para-hydroxylation sites is 1. The summed E-state index contributed by atoms with van der Waals surface area (Å²) in [4.78, 5) is 12.2. The number of rotatable bonds is 4. The Morgan fingerprint density at radius 3 is 2.81 bits per heavy atom. The van der Waals surface area contributed by atoms with E-state index < -0.39 is 0 Å². The van der Waals surface area contributed by atoms with Crippen molar-refractivity contribution in [3.63, 3.8) is 0 Å². The number of hydrogen-bond acceptors (Lipinski definition) is 5. The van der Waals surface area contributed by atoms with Crippen LogP contribution in [0.15, 0.2) is 53.0 Å². The first kappa shape index (κ1) is 16.1. The fourth-order valence-corrected chi connectivity index (χ4v) is 2.76. The van der Waals surface area contributed by atoms with Gasteiger partial charge in [-0.2, -0.15) is 0 Å². The minimum atomic E-state index is -0.269. The second kappa shape index (κ2) is 6.84. The van der Waals surface area contributed by atoms with E-state index in [1.165, 1.54) is 6.08 Å². The molecule has 0 aliphatic carbocycles. The topological polar surface area (TPSA) is 69.9 Å². The van der Waals surface area contributed by atoms with Gasteiger partial charge in [0.25, 0.3) is 0 Å². The lowest BCUT2D eigenvalue weighted by atomic mass is 10.2. The number of ether oxygens (including phenoxy) is 3. The van der Waals surface area contributed by atoms with E-state index in [-0.39, 0.29) is 5.91 Å². The average Bonchev–Trinajstić information content (AvgIpc) is 3.09. The molecular formula is C20H17NO5. The highest BCUT2D eigenvalue weighted by Crippen LogP contribution is 2.32. The molecule has 1 aliphatic rings. The van der Waals surface area contributed by atoms with Crippen LogP contribution in [-0.4, -0.2) is 26.2 Å². The van der Waals surface area contributed by atoms with Gasteiger partial charge in [-0.3, -0.25) is 4.79 Å². The summed E-state index contributed by atoms with van der Waals surface area (Å²) in [5.41, 5.74) is 1.29. The lowest BCUT2D eigenvalue weighted by Gasteiger charge is -2.18. The molecule has 1 N–H and O–H groups in total. The van der Waals surface area contributed by atoms with Crippen LogP contribution in [0.4, 0.5) is 5.69 Å². The first-order valence-corrected chi connectivity index (χ1v) is 8.18. The summed E-state index contributed by atoms with van der Waals surface area (Å²) in [6.45, 7) is 1.03. The summed E-state index contributed by atoms with van der Waals surface area (Å²) in [6, 6.07) is 12.8. The SMILES string of the molecule is COc1cccc2cc(/C=C/C(=O)Nc3ccc4c(c3)OCCO4)oc12. The van der Waals surface area contributed by atoms with E-state index in [2.05, 4.69) is 5.32 Å². The Hall–Kier alpha value is -3.41. The second-order valence-corrected chi connectivity index (χ2v) is 5.71. The molecule has 26 heavy (non-hydrogen) atoms. The zero-order chi connectivity index (χ0) is 17.9. The number of amides is 1. The number of furan rings is 1. The van der Waals surface area contributed by atoms with Crippen LogP contribution in [-0.2, 0) is 4.79 Å². The normalized spacial score (nSPS) is 13.1. The minimum Gasteiger partial charge on any atom is -0.493 e. The number of nitrogens with one attached hydrogen (secondary N) is 1. The monoisotopic (exact) mass is 351 g/mol. The van der Waals surface area contributed by atoms with Crippen LogP contribution < -0.4 is 19.5 Å². The highest BCUT2D eigenvalue weighted by Gasteiger charge is 2.12. The molecule has 0 bridgehead atoms. The number of carbonyl (C=O) groups is 1. The van der Waals surface area contributed by atoms with E-state index >= 15 is 0 Å². The van der Waals surface area contributed by atoms with Crippen molar-refractivity contribution in [1.82, 2.24) is 0 Å². The van der Waals surface area contributed by atoms with Gasteiger partial charge in [0.15, 0.2) is 22.8 Å². The molecule has 0 spiro atoms. The lowest BCUT2D eigenvalue weighted by Crippen LogP contribution is -2.16. The van der Waals surface area contributed by atoms with Crippen LogP contribution in [0.5, 0.6) is 17.2 Å². The summed E-state index contributed by atoms with van der Waals surface area (Å²) < 4.78 is 22.0. The van der Waals surface area contributed by atoms with Crippen molar-refractivity contribution in [3.8, 4) is 17.2 Å². The second-order valence-electron chi connectivity index (χ2n) is 5.71. The zero-order valence-electron chi connectivity index (χ0n) is 14.2. The Kier molecular flexibility index (Phi) is 4.23. The van der Waals surface area contributed by atoms with Gasteiger partial charge >= 0.3 is 0 Å². The predicted molar refractivity (Wildman–Crippen MR) is 97.9 cm³/mol. The van der Waals surface area contributed by atoms with Crippen LogP contribution in [0, 0.1) is 0 Å². The first-order valence-electron chi connectivity index (χ1n) is 8.18. The molecule has 0 atom stereocenters. The van der Waals surface area contributed by atoms with Crippen LogP contribution >= 0.6 is 0 Å². The van der Waals surface area contributed by atoms with Crippen molar-refractivity contribution in [2.75, 3.05) is 25.6 Å². The van der Waals surface area contributed by atoms with Gasteiger partial charge in [0, 0.05) is 23.2 Å². The van der Waals surface area contributed by atoms with Gasteiger partial charge in [-0.25, -0.2) is 0 Å². The van der Waals surface area contributed by atoms with E-state index in [0.717, 1.165) is 5.39 Å². The Morgan fingerprint density at radius 1 is 1.12 bits per heavy atom. The van der Waals surface area contributed by atoms with Crippen LogP contribution in [0.2, 0.25) is 0 Å². The molecule has 1 aromatic heterocycles. The van der Waals surface area contributed by atoms with Crippen molar-refractivity contribution in [2.45, 2.75) is 0 Å². The van der Waals surface area contributed by atoms with E-state index in [1.54, 1.807) is 31.4 Å². The molecule has 132 valence electrons. The average molecular weight is 351 g/mol. The largest absolute Gasteiger partial charge is 0.493 e. The van der Waals surface area contributed by atoms with Gasteiger partial charge in [0.2, 0.25) is 5.91 Å². The number of benzene rings is 2. The fourth-order valence-electron chi connectivity index (χ4n) is 2.76. The molecule has 2 aromatic carbocycles. The maximum absolute atomic E-state index is 12.2. The Labute approximate surface area is 150 Å². The summed E-state index contributed by atoms with van der Waals surface area (Å²) in [5.74, 6) is 2.27. The van der Waals surface area contributed by atoms with Gasteiger partial charge in [0.1, 0.15) is 19.0 Å². The van der Waals surface area contributed by atoms with E-state index in [0.29, 0.717) is 47.5 Å². The van der Waals surface area contributed by atoms with Crippen LogP contribution in [0.25, 0.3) is 17.0 Å². The Morgan fingerprint density at radius 2 is 1.96 bits per heavy atom. The third-order valence-electron chi connectivity index (χ3n) is 3.96. The first-order chi connectivity index (χ1) is 12.7. The molecule has 0 unspecified atom stereocenters. The predicted octanol–water partition coefficient (Wildman–Crippen LogP) is 3.86. The Bertz CT molecular complexity index is 989. The van der Waals surface area contributed by atoms with E-state index in [1.807, 2.05) is 24.3 Å². The fraction of sp³-hybridized carbons (Fsp3) is 0.150. The number of carbonyl (C=O) groups excluding carboxylic acids is 1. The van der Waals surface area contributed by atoms with Crippen molar-refractivity contribution >= 4 is 28.6 Å². The molecule has 6 nitrogen and oxygen atoms in total. The third-order valence-corrected chi connectivity index (χ3v) is 3.96. The van der Waals surface area contributed by atoms with Crippen molar-refractivity contribution < 1.29 is 23.4 Å². The standard InChI is InChI=1S/C20H17NO5/c1-23-17-4-2-3-13-11-15(26-20(13)17)6-8-19(22)21-14-5-7-16-18(12-14)25-10-9-24-16/h2-8,11-12H,9-10H2,1H3,(H,21,22)/b8-6+. The molecule has 6 heteroatoms. The summed E-state index contributed by atoms with van der Waals surface area (Å²) in [6.07, 6.45) is 3.04. The van der Waals surface area contributed by atoms with Crippen LogP contribution in [0.3, 0.4) is 0 Å². The molecule has 3 aromatic rings. The highest BCUT2D eigenvalue weighted by molar-refractivity contribution is 6.02. The summed E-state index contributed by atoms with van der Waals surface area (Å²) in [7, 11) is 1.59. The molecule has 1 aliphatic heterocycles. The molecule has 1 amide bonds. The molecule has 0 saturated carbocycles.